The highest BCUT2D eigenvalue weighted by atomic mass is 32.1. The number of nitrogens with two attached hydrogens (primary N) is 1. The topological polar surface area (TPSA) is 178 Å². The van der Waals surface area contributed by atoms with Crippen LogP contribution in [-0.4, -0.2) is 39.3 Å². The minimum Gasteiger partial charge on any atom is -0.497 e. The number of phosphoric ester groups is 1. The van der Waals surface area contributed by atoms with Gasteiger partial charge in [0.1, 0.15) is 23.8 Å². The summed E-state index contributed by atoms with van der Waals surface area (Å²) in [5.41, 5.74) is 8.40. The fourth-order valence-electron chi connectivity index (χ4n) is 2.09. The zero-order valence-electron chi connectivity index (χ0n) is 15.5. The lowest BCUT2D eigenvalue weighted by molar-refractivity contribution is 0.154. The summed E-state index contributed by atoms with van der Waals surface area (Å²) >= 11 is 4.63. The standard InChI is InChI=1S/C16H18N5O7PS/c1-26-11-4-5-14(28-29(23,24)25)10(7-11)9-27-16(22)20-12-3-2-6-18-13(12)8-19-21-15(17)30/h2-8H,9H2,1H3,(H,20,22)(H3,17,21,30)(H2,23,24,25). The Hall–Kier alpha value is -3.25. The first-order chi connectivity index (χ1) is 14.2. The van der Waals surface area contributed by atoms with Gasteiger partial charge in [-0.1, -0.05) is 0 Å². The van der Waals surface area contributed by atoms with Gasteiger partial charge in [0.05, 0.1) is 19.0 Å². The van der Waals surface area contributed by atoms with E-state index >= 15 is 0 Å². The van der Waals surface area contributed by atoms with Gasteiger partial charge in [-0.25, -0.2) is 9.36 Å². The summed E-state index contributed by atoms with van der Waals surface area (Å²) in [7, 11) is -3.40. The number of carbonyl (C=O) groups is 1. The molecule has 1 heterocycles. The average Bonchev–Trinajstić information content (AvgIpc) is 2.67. The van der Waals surface area contributed by atoms with E-state index < -0.39 is 13.9 Å². The minimum atomic E-state index is -4.81. The van der Waals surface area contributed by atoms with Gasteiger partial charge in [0, 0.05) is 11.8 Å². The molecule has 12 nitrogen and oxygen atoms in total. The lowest BCUT2D eigenvalue weighted by Crippen LogP contribution is -2.24. The first kappa shape index (κ1) is 23.0. The molecule has 160 valence electrons. The molecule has 0 bridgehead atoms. The minimum absolute atomic E-state index is 0.0391. The van der Waals surface area contributed by atoms with Crippen LogP contribution in [0.4, 0.5) is 10.5 Å². The molecule has 0 atom stereocenters. The number of nitrogens with one attached hydrogen (secondary N) is 2. The lowest BCUT2D eigenvalue weighted by atomic mass is 10.2. The first-order valence-corrected chi connectivity index (χ1v) is 10.0. The molecule has 0 radical (unpaired) electrons. The zero-order chi connectivity index (χ0) is 22.1. The third-order valence-corrected chi connectivity index (χ3v) is 3.81. The van der Waals surface area contributed by atoms with Crippen molar-refractivity contribution in [3.8, 4) is 11.5 Å². The SMILES string of the molecule is COc1ccc(OP(=O)(O)O)c(COC(=O)Nc2cccnc2C=NNC(N)=S)c1. The van der Waals surface area contributed by atoms with E-state index in [1.807, 2.05) is 0 Å². The first-order valence-electron chi connectivity index (χ1n) is 8.07. The Morgan fingerprint density at radius 1 is 1.40 bits per heavy atom. The van der Waals surface area contributed by atoms with Gasteiger partial charge in [-0.3, -0.25) is 25.5 Å². The number of hydrogen-bond donors (Lipinski definition) is 5. The number of aromatic nitrogens is 1. The van der Waals surface area contributed by atoms with Gasteiger partial charge in [-0.15, -0.1) is 0 Å². The molecule has 30 heavy (non-hydrogen) atoms. The smallest absolute Gasteiger partial charge is 0.497 e. The van der Waals surface area contributed by atoms with E-state index in [2.05, 4.69) is 37.6 Å². The van der Waals surface area contributed by atoms with Crippen LogP contribution in [0.1, 0.15) is 11.3 Å². The van der Waals surface area contributed by atoms with Crippen LogP contribution in [0.5, 0.6) is 11.5 Å². The summed E-state index contributed by atoms with van der Waals surface area (Å²) in [6, 6.07) is 7.30. The van der Waals surface area contributed by atoms with Crippen molar-refractivity contribution in [1.82, 2.24) is 10.4 Å². The second-order valence-electron chi connectivity index (χ2n) is 5.43. The highest BCUT2D eigenvalue weighted by Gasteiger charge is 2.20. The van der Waals surface area contributed by atoms with E-state index in [0.717, 1.165) is 0 Å². The van der Waals surface area contributed by atoms with Crippen LogP contribution in [0, 0.1) is 0 Å². The molecule has 0 saturated carbocycles. The van der Waals surface area contributed by atoms with Gasteiger partial charge >= 0.3 is 13.9 Å². The fourth-order valence-corrected chi connectivity index (χ4v) is 2.57. The Labute approximate surface area is 176 Å². The predicted octanol–water partition coefficient (Wildman–Crippen LogP) is 1.48. The van der Waals surface area contributed by atoms with Gasteiger partial charge in [-0.05, 0) is 42.5 Å². The van der Waals surface area contributed by atoms with Crippen molar-refractivity contribution in [3.63, 3.8) is 0 Å². The highest BCUT2D eigenvalue weighted by molar-refractivity contribution is 7.80. The number of phosphoric acid groups is 1. The van der Waals surface area contributed by atoms with Crippen molar-refractivity contribution in [1.29, 1.82) is 0 Å². The third kappa shape index (κ3) is 7.64. The molecule has 14 heteroatoms. The van der Waals surface area contributed by atoms with Crippen LogP contribution in [0.2, 0.25) is 0 Å². The van der Waals surface area contributed by atoms with Gasteiger partial charge in [0.15, 0.2) is 5.11 Å². The number of nitrogens with zero attached hydrogens (tertiary/aromatic N) is 2. The van der Waals surface area contributed by atoms with E-state index in [9.17, 15) is 9.36 Å². The summed E-state index contributed by atoms with van der Waals surface area (Å²) in [5.74, 6) is 0.220. The normalized spacial score (nSPS) is 11.0. The number of thiocarbonyl (C=S) groups is 1. The number of hydrazone groups is 1. The maximum Gasteiger partial charge on any atom is 0.524 e. The number of carbonyl (C=O) groups excluding carboxylic acids is 1. The highest BCUT2D eigenvalue weighted by Crippen LogP contribution is 2.40. The fraction of sp³-hybridized carbons (Fsp3) is 0.125. The molecule has 2 aromatic rings. The van der Waals surface area contributed by atoms with E-state index in [-0.39, 0.29) is 28.7 Å². The zero-order valence-corrected chi connectivity index (χ0v) is 17.2. The molecule has 0 unspecified atom stereocenters. The number of amides is 1. The maximum absolute atomic E-state index is 12.2. The molecule has 1 amide bonds. The lowest BCUT2D eigenvalue weighted by Gasteiger charge is -2.14. The Morgan fingerprint density at radius 3 is 2.83 bits per heavy atom. The Kier molecular flexibility index (Phi) is 8.07. The second kappa shape index (κ2) is 10.5. The number of anilines is 1. The average molecular weight is 455 g/mol. The maximum atomic E-state index is 12.2. The van der Waals surface area contributed by atoms with E-state index in [0.29, 0.717) is 11.4 Å². The van der Waals surface area contributed by atoms with Crippen LogP contribution in [0.15, 0.2) is 41.6 Å². The van der Waals surface area contributed by atoms with Gasteiger partial charge in [-0.2, -0.15) is 5.10 Å². The summed E-state index contributed by atoms with van der Waals surface area (Å²) in [6.07, 6.45) is 1.92. The molecular weight excluding hydrogens is 437 g/mol. The molecule has 0 saturated heterocycles. The Morgan fingerprint density at radius 2 is 2.17 bits per heavy atom. The number of methoxy groups -OCH3 is 1. The summed E-state index contributed by atoms with van der Waals surface area (Å²) < 4.78 is 25.9. The quantitative estimate of drug-likeness (QED) is 0.168. The molecule has 0 fully saturated rings. The monoisotopic (exact) mass is 455 g/mol. The Bertz CT molecular complexity index is 998. The molecule has 1 aromatic heterocycles. The number of hydrogen-bond acceptors (Lipinski definition) is 8. The largest absolute Gasteiger partial charge is 0.524 e. The molecular formula is C16H18N5O7PS. The molecule has 0 spiro atoms. The Balaban J connectivity index is 2.09. The molecule has 0 aliphatic carbocycles. The number of ether oxygens (including phenoxy) is 2. The molecule has 6 N–H and O–H groups in total. The number of pyridine rings is 1. The van der Waals surface area contributed by atoms with E-state index in [1.165, 1.54) is 37.7 Å². The van der Waals surface area contributed by atoms with Crippen molar-refractivity contribution in [2.45, 2.75) is 6.61 Å². The molecule has 2 rings (SSSR count). The van der Waals surface area contributed by atoms with Crippen molar-refractivity contribution >= 4 is 43.1 Å². The number of benzene rings is 1. The van der Waals surface area contributed by atoms with Crippen LogP contribution >= 0.6 is 20.0 Å². The van der Waals surface area contributed by atoms with E-state index in [4.69, 9.17) is 25.0 Å². The van der Waals surface area contributed by atoms with Crippen LogP contribution in [-0.2, 0) is 15.9 Å². The summed E-state index contributed by atoms with van der Waals surface area (Å²) in [4.78, 5) is 34.3. The summed E-state index contributed by atoms with van der Waals surface area (Å²) in [6.45, 7) is -0.356. The number of rotatable bonds is 8. The van der Waals surface area contributed by atoms with Crippen LogP contribution in [0.25, 0.3) is 0 Å². The molecule has 0 aliphatic heterocycles. The van der Waals surface area contributed by atoms with Gasteiger partial charge < -0.3 is 19.7 Å². The third-order valence-electron chi connectivity index (χ3n) is 3.28. The molecule has 1 aromatic carbocycles. The van der Waals surface area contributed by atoms with Gasteiger partial charge in [0.25, 0.3) is 0 Å². The second-order valence-corrected chi connectivity index (χ2v) is 7.03. The van der Waals surface area contributed by atoms with Crippen LogP contribution < -0.4 is 25.7 Å². The van der Waals surface area contributed by atoms with Crippen molar-refractivity contribution < 1.29 is 33.1 Å². The summed E-state index contributed by atoms with van der Waals surface area (Å²) in [5, 5.41) is 6.21. The van der Waals surface area contributed by atoms with Crippen molar-refractivity contribution in [2.75, 3.05) is 12.4 Å². The van der Waals surface area contributed by atoms with Crippen molar-refractivity contribution in [3.05, 3.63) is 47.8 Å². The van der Waals surface area contributed by atoms with Crippen LogP contribution in [0.3, 0.4) is 0 Å². The van der Waals surface area contributed by atoms with E-state index in [1.54, 1.807) is 12.1 Å². The predicted molar refractivity (Wildman–Crippen MR) is 111 cm³/mol. The molecule has 0 aliphatic rings. The van der Waals surface area contributed by atoms with Gasteiger partial charge in [0.2, 0.25) is 0 Å². The van der Waals surface area contributed by atoms with Crippen molar-refractivity contribution in [2.24, 2.45) is 10.8 Å².